The van der Waals surface area contributed by atoms with Crippen LogP contribution >= 0.6 is 0 Å². The highest BCUT2D eigenvalue weighted by Gasteiger charge is 2.40. The average molecular weight is 826 g/mol. The van der Waals surface area contributed by atoms with Gasteiger partial charge in [0.25, 0.3) is 0 Å². The first kappa shape index (κ1) is 44.9. The Balaban J connectivity index is 0.000000156. The Bertz CT molecular complexity index is 2800. The van der Waals surface area contributed by atoms with E-state index in [0.29, 0.717) is 17.3 Å². The monoisotopic (exact) mass is 826 g/mol. The maximum Gasteiger partial charge on any atom is 0.0576 e. The number of allylic oxidation sites excluding steroid dienone is 14. The summed E-state index contributed by atoms with van der Waals surface area (Å²) in [4.78, 5) is 0. The lowest BCUT2D eigenvalue weighted by atomic mass is 9.74. The summed E-state index contributed by atoms with van der Waals surface area (Å²) in [5.41, 5.74) is 17.9. The molecule has 0 N–H and O–H groups in total. The van der Waals surface area contributed by atoms with Crippen molar-refractivity contribution in [3.8, 4) is 5.69 Å². The van der Waals surface area contributed by atoms with E-state index in [1.807, 2.05) is 26.0 Å². The molecular formula is C62H67N. The molecule has 0 saturated carbocycles. The van der Waals surface area contributed by atoms with Gasteiger partial charge in [0.05, 0.1) is 11.0 Å². The number of aromatic nitrogens is 1. The number of hydrogen-bond acceptors (Lipinski definition) is 0. The summed E-state index contributed by atoms with van der Waals surface area (Å²) in [5, 5.41) is 2.58. The van der Waals surface area contributed by atoms with Crippen molar-refractivity contribution in [3.63, 3.8) is 0 Å². The van der Waals surface area contributed by atoms with Gasteiger partial charge in [-0.15, -0.1) is 0 Å². The normalized spacial score (nSPS) is 18.7. The minimum atomic E-state index is 0.167. The van der Waals surface area contributed by atoms with Crippen LogP contribution in [0.2, 0.25) is 0 Å². The van der Waals surface area contributed by atoms with Gasteiger partial charge in [-0.1, -0.05) is 225 Å². The first-order chi connectivity index (χ1) is 30.4. The zero-order chi connectivity index (χ0) is 44.7. The Morgan fingerprint density at radius 1 is 0.730 bits per heavy atom. The average Bonchev–Trinajstić information content (AvgIpc) is 3.76. The number of para-hydroxylation sites is 1. The largest absolute Gasteiger partial charge is 0.309 e. The molecule has 1 heteroatoms. The van der Waals surface area contributed by atoms with Crippen molar-refractivity contribution in [2.24, 2.45) is 11.3 Å². The number of rotatable bonds is 5. The van der Waals surface area contributed by atoms with Gasteiger partial charge in [-0.25, -0.2) is 0 Å². The standard InChI is InChI=1S/C30H27N.C17H20.C13H14.C2H6/c1-4-5-8-23-17-20-28-27-9-6-7-10-29(27)31(30(28)22(23)3)26-18-15-25(16-19-26)24-13-11-21(2)12-14-24;1-16(2)10-9-13-12-7-5-6-8-14(12)17(3,4)15(13)11-16;1-11-7-9-13(10-8-11)12-5-3-2-4-6-12;1-2/h4-11,13-21H,1,12H2,2-3H3;5-9,11H,10H2,1-4H3;2-5,7-10,12H,6H2,1H3;1-2H3/b8-5-;;;. The molecule has 4 aliphatic carbocycles. The Hall–Kier alpha value is -6.18. The Morgan fingerprint density at radius 3 is 2.16 bits per heavy atom. The quantitative estimate of drug-likeness (QED) is 0.153. The van der Waals surface area contributed by atoms with Gasteiger partial charge in [0, 0.05) is 27.8 Å². The molecule has 2 atom stereocenters. The molecule has 1 aromatic heterocycles. The van der Waals surface area contributed by atoms with Crippen LogP contribution in [0.3, 0.4) is 0 Å². The topological polar surface area (TPSA) is 4.93 Å². The molecule has 0 amide bonds. The summed E-state index contributed by atoms with van der Waals surface area (Å²) < 4.78 is 2.40. The number of aryl methyl sites for hydroxylation is 2. The molecule has 0 saturated heterocycles. The summed E-state index contributed by atoms with van der Waals surface area (Å²) in [6.07, 6.45) is 29.9. The van der Waals surface area contributed by atoms with Crippen molar-refractivity contribution in [1.82, 2.24) is 4.57 Å². The maximum atomic E-state index is 3.82. The van der Waals surface area contributed by atoms with Crippen molar-refractivity contribution >= 4 is 39.0 Å². The smallest absolute Gasteiger partial charge is 0.0576 e. The predicted octanol–water partition coefficient (Wildman–Crippen LogP) is 17.6. The summed E-state index contributed by atoms with van der Waals surface area (Å²) >= 11 is 0. The Morgan fingerprint density at radius 2 is 1.46 bits per heavy atom. The second-order valence-electron chi connectivity index (χ2n) is 18.5. The fourth-order valence-electron chi connectivity index (χ4n) is 9.43. The van der Waals surface area contributed by atoms with Gasteiger partial charge in [0.15, 0.2) is 0 Å². The van der Waals surface area contributed by atoms with E-state index in [9.17, 15) is 0 Å². The van der Waals surface area contributed by atoms with E-state index in [2.05, 4.69) is 230 Å². The third-order valence-corrected chi connectivity index (χ3v) is 13.0. The third-order valence-electron chi connectivity index (χ3n) is 13.0. The van der Waals surface area contributed by atoms with Crippen molar-refractivity contribution in [3.05, 3.63) is 227 Å². The summed E-state index contributed by atoms with van der Waals surface area (Å²) in [7, 11) is 0. The van der Waals surface area contributed by atoms with Crippen LogP contribution < -0.4 is 0 Å². The van der Waals surface area contributed by atoms with E-state index in [1.54, 1.807) is 0 Å². The molecule has 0 aliphatic heterocycles. The highest BCUT2D eigenvalue weighted by atomic mass is 15.0. The SMILES string of the molecule is C=C/C=C\c1ccc2c3ccccc3n(-c3ccc(C4=CCC(C)C=C4)cc3)c2c1C.CC.CC1(C)C=C2C(=CC1)c1ccccc1C2(C)C.Cc1ccc(C2C=CC=CC2)cc1. The van der Waals surface area contributed by atoms with E-state index in [-0.39, 0.29) is 5.41 Å². The number of nitrogens with zero attached hydrogens (tertiary/aromatic N) is 1. The van der Waals surface area contributed by atoms with Crippen molar-refractivity contribution in [2.45, 2.75) is 92.9 Å². The summed E-state index contributed by atoms with van der Waals surface area (Å²) in [6.45, 7) is 23.8. The fraction of sp³-hybridized carbons (Fsp3) is 0.258. The van der Waals surface area contributed by atoms with E-state index in [1.165, 1.54) is 83.2 Å². The van der Waals surface area contributed by atoms with Gasteiger partial charge in [-0.2, -0.15) is 0 Å². The minimum Gasteiger partial charge on any atom is -0.309 e. The predicted molar refractivity (Wildman–Crippen MR) is 278 cm³/mol. The van der Waals surface area contributed by atoms with Crippen LogP contribution in [0.1, 0.15) is 113 Å². The van der Waals surface area contributed by atoms with E-state index in [4.69, 9.17) is 0 Å². The Kier molecular flexibility index (Phi) is 13.9. The number of benzene rings is 5. The van der Waals surface area contributed by atoms with Crippen molar-refractivity contribution in [1.29, 1.82) is 0 Å². The molecule has 0 spiro atoms. The van der Waals surface area contributed by atoms with Crippen LogP contribution in [0, 0.1) is 25.2 Å². The van der Waals surface area contributed by atoms with Crippen LogP contribution in [-0.4, -0.2) is 4.57 Å². The summed E-state index contributed by atoms with van der Waals surface area (Å²) in [6, 6.07) is 39.8. The first-order valence-corrected chi connectivity index (χ1v) is 23.2. The molecule has 4 aliphatic rings. The number of hydrogen-bond donors (Lipinski definition) is 0. The second-order valence-corrected chi connectivity index (χ2v) is 18.5. The molecule has 2 unspecified atom stereocenters. The van der Waals surface area contributed by atoms with Crippen LogP contribution in [0.5, 0.6) is 0 Å². The molecular weight excluding hydrogens is 759 g/mol. The lowest BCUT2D eigenvalue weighted by Crippen LogP contribution is -2.20. The van der Waals surface area contributed by atoms with E-state index < -0.39 is 0 Å². The van der Waals surface area contributed by atoms with Crippen molar-refractivity contribution in [2.75, 3.05) is 0 Å². The highest BCUT2D eigenvalue weighted by Crippen LogP contribution is 2.53. The first-order valence-electron chi connectivity index (χ1n) is 23.2. The third kappa shape index (κ3) is 9.59. The summed E-state index contributed by atoms with van der Waals surface area (Å²) in [5.74, 6) is 1.22. The number of fused-ring (bicyclic) bond motifs is 6. The molecule has 0 bridgehead atoms. The Labute approximate surface area is 379 Å². The molecule has 1 nitrogen and oxygen atoms in total. The van der Waals surface area contributed by atoms with Crippen LogP contribution in [0.4, 0.5) is 0 Å². The highest BCUT2D eigenvalue weighted by molar-refractivity contribution is 6.11. The van der Waals surface area contributed by atoms with E-state index >= 15 is 0 Å². The van der Waals surface area contributed by atoms with E-state index in [0.717, 1.165) is 19.3 Å². The lowest BCUT2D eigenvalue weighted by Gasteiger charge is -2.30. The molecule has 0 radical (unpaired) electrons. The van der Waals surface area contributed by atoms with Crippen LogP contribution in [0.15, 0.2) is 188 Å². The van der Waals surface area contributed by atoms with Gasteiger partial charge in [0.1, 0.15) is 0 Å². The molecule has 63 heavy (non-hydrogen) atoms. The van der Waals surface area contributed by atoms with Gasteiger partial charge in [-0.3, -0.25) is 0 Å². The van der Waals surface area contributed by atoms with Gasteiger partial charge < -0.3 is 4.57 Å². The van der Waals surface area contributed by atoms with Gasteiger partial charge in [-0.05, 0) is 113 Å². The minimum absolute atomic E-state index is 0.167. The molecule has 5 aromatic carbocycles. The second kappa shape index (κ2) is 19.5. The zero-order valence-electron chi connectivity index (χ0n) is 39.3. The molecule has 6 aromatic rings. The van der Waals surface area contributed by atoms with Gasteiger partial charge in [0.2, 0.25) is 0 Å². The maximum absolute atomic E-state index is 3.82. The zero-order valence-corrected chi connectivity index (χ0v) is 39.3. The lowest BCUT2D eigenvalue weighted by molar-refractivity contribution is 0.472. The van der Waals surface area contributed by atoms with Crippen LogP contribution in [-0.2, 0) is 5.41 Å². The molecule has 1 heterocycles. The fourth-order valence-corrected chi connectivity index (χ4v) is 9.43. The van der Waals surface area contributed by atoms with Crippen LogP contribution in [0.25, 0.3) is 44.7 Å². The molecule has 0 fully saturated rings. The van der Waals surface area contributed by atoms with Gasteiger partial charge >= 0.3 is 0 Å². The van der Waals surface area contributed by atoms with Crippen molar-refractivity contribution < 1.29 is 0 Å². The molecule has 10 rings (SSSR count). The molecule has 320 valence electrons.